The van der Waals surface area contributed by atoms with Crippen molar-refractivity contribution in [1.82, 2.24) is 14.4 Å². The summed E-state index contributed by atoms with van der Waals surface area (Å²) in [4.78, 5) is 5.79. The van der Waals surface area contributed by atoms with Crippen LogP contribution in [0.2, 0.25) is 0 Å². The molecule has 8 nitrogen and oxygen atoms in total. The molecule has 0 amide bonds. The number of anilines is 1. The first-order chi connectivity index (χ1) is 13.2. The number of benzene rings is 1. The third kappa shape index (κ3) is 4.73. The topological polar surface area (TPSA) is 88.8 Å². The molecule has 1 aliphatic heterocycles. The maximum atomic E-state index is 12.7. The van der Waals surface area contributed by atoms with Gasteiger partial charge in [0.25, 0.3) is 0 Å². The van der Waals surface area contributed by atoms with Gasteiger partial charge in [-0.3, -0.25) is 0 Å². The largest absolute Gasteiger partial charge is 0.497 e. The lowest BCUT2D eigenvalue weighted by molar-refractivity contribution is -0.134. The van der Waals surface area contributed by atoms with E-state index in [4.69, 9.17) is 9.26 Å². The van der Waals surface area contributed by atoms with Gasteiger partial charge in [0, 0.05) is 32.6 Å². The molecule has 2 aromatic rings. The molecular weight excluding hydrogens is 401 g/mol. The highest BCUT2D eigenvalue weighted by molar-refractivity contribution is 7.89. The van der Waals surface area contributed by atoms with Gasteiger partial charge in [-0.15, -0.1) is 0 Å². The zero-order valence-electron chi connectivity index (χ0n) is 15.0. The summed E-state index contributed by atoms with van der Waals surface area (Å²) in [6, 6.07) is 6.20. The number of ether oxygens (including phenoxy) is 1. The minimum absolute atomic E-state index is 0.0272. The van der Waals surface area contributed by atoms with Gasteiger partial charge in [0.15, 0.2) is 5.82 Å². The van der Waals surface area contributed by atoms with Crippen LogP contribution < -0.4 is 9.64 Å². The average molecular weight is 420 g/mol. The number of hydrogen-bond donors (Lipinski definition) is 0. The Hall–Kier alpha value is -2.34. The summed E-state index contributed by atoms with van der Waals surface area (Å²) < 4.78 is 73.6. The molecule has 3 rings (SSSR count). The molecule has 0 N–H and O–H groups in total. The van der Waals surface area contributed by atoms with Gasteiger partial charge in [-0.1, -0.05) is 5.16 Å². The molecule has 0 radical (unpaired) electrons. The van der Waals surface area contributed by atoms with Crippen LogP contribution in [0.1, 0.15) is 12.2 Å². The van der Waals surface area contributed by atoms with Crippen molar-refractivity contribution < 1.29 is 30.8 Å². The zero-order chi connectivity index (χ0) is 20.4. The molecule has 1 fully saturated rings. The highest BCUT2D eigenvalue weighted by Gasteiger charge is 2.31. The van der Waals surface area contributed by atoms with Crippen molar-refractivity contribution >= 4 is 16.0 Å². The molecule has 1 aliphatic rings. The number of methoxy groups -OCH3 is 1. The van der Waals surface area contributed by atoms with Gasteiger partial charge in [-0.25, -0.2) is 8.42 Å². The van der Waals surface area contributed by atoms with E-state index in [1.807, 2.05) is 0 Å². The molecule has 1 saturated heterocycles. The van der Waals surface area contributed by atoms with Crippen LogP contribution in [-0.4, -0.2) is 62.3 Å². The fraction of sp³-hybridized carbons (Fsp3) is 0.500. The van der Waals surface area contributed by atoms with Gasteiger partial charge in [-0.05, 0) is 24.3 Å². The van der Waals surface area contributed by atoms with E-state index in [0.717, 1.165) is 0 Å². The molecule has 154 valence electrons. The van der Waals surface area contributed by atoms with E-state index in [1.54, 1.807) is 17.0 Å². The van der Waals surface area contributed by atoms with Crippen molar-refractivity contribution in [3.8, 4) is 5.75 Å². The number of hydrogen-bond acceptors (Lipinski definition) is 7. The molecule has 1 aromatic heterocycles. The second-order valence-electron chi connectivity index (χ2n) is 6.18. The molecule has 28 heavy (non-hydrogen) atoms. The predicted octanol–water partition coefficient (Wildman–Crippen LogP) is 2.08. The molecule has 0 bridgehead atoms. The lowest BCUT2D eigenvalue weighted by Crippen LogP contribution is -2.48. The maximum Gasteiger partial charge on any atom is 0.389 e. The number of rotatable bonds is 6. The normalized spacial score (nSPS) is 16.4. The molecular formula is C16H19F3N4O4S. The summed E-state index contributed by atoms with van der Waals surface area (Å²) in [7, 11) is -2.16. The molecule has 0 unspecified atom stereocenters. The van der Waals surface area contributed by atoms with Gasteiger partial charge in [0.2, 0.25) is 10.0 Å². The summed E-state index contributed by atoms with van der Waals surface area (Å²) >= 11 is 0. The Morgan fingerprint density at radius 2 is 1.79 bits per heavy atom. The summed E-state index contributed by atoms with van der Waals surface area (Å²) in [6.45, 7) is 0.954. The molecule has 0 atom stereocenters. The number of nitrogens with zero attached hydrogens (tertiary/aromatic N) is 4. The lowest BCUT2D eigenvalue weighted by atomic mass is 10.3. The van der Waals surface area contributed by atoms with E-state index < -0.39 is 22.6 Å². The summed E-state index contributed by atoms with van der Waals surface area (Å²) in [5.41, 5.74) is 0. The SMILES string of the molecule is COc1ccc(S(=O)(=O)N2CCN(c3nc(CCC(F)(F)F)no3)CC2)cc1. The predicted molar refractivity (Wildman–Crippen MR) is 92.6 cm³/mol. The van der Waals surface area contributed by atoms with Crippen LogP contribution in [0.25, 0.3) is 0 Å². The van der Waals surface area contributed by atoms with Crippen LogP contribution in [0.4, 0.5) is 19.2 Å². The van der Waals surface area contributed by atoms with E-state index in [0.29, 0.717) is 5.75 Å². The Bertz CT molecular complexity index is 891. The molecule has 0 saturated carbocycles. The Morgan fingerprint density at radius 3 is 2.36 bits per heavy atom. The highest BCUT2D eigenvalue weighted by atomic mass is 32.2. The van der Waals surface area contributed by atoms with Crippen molar-refractivity contribution in [3.63, 3.8) is 0 Å². The van der Waals surface area contributed by atoms with Crippen molar-refractivity contribution in [2.24, 2.45) is 0 Å². The highest BCUT2D eigenvalue weighted by Crippen LogP contribution is 2.24. The molecule has 1 aromatic carbocycles. The van der Waals surface area contributed by atoms with Crippen LogP contribution in [-0.2, 0) is 16.4 Å². The second-order valence-corrected chi connectivity index (χ2v) is 8.11. The van der Waals surface area contributed by atoms with Gasteiger partial charge < -0.3 is 14.2 Å². The second kappa shape index (κ2) is 7.95. The summed E-state index contributed by atoms with van der Waals surface area (Å²) in [6.07, 6.45) is -5.68. The average Bonchev–Trinajstić information content (AvgIpc) is 3.15. The van der Waals surface area contributed by atoms with Crippen LogP contribution in [0.15, 0.2) is 33.7 Å². The molecule has 2 heterocycles. The Balaban J connectivity index is 1.60. The van der Waals surface area contributed by atoms with Crippen molar-refractivity contribution in [1.29, 1.82) is 0 Å². The van der Waals surface area contributed by atoms with Crippen LogP contribution in [0.3, 0.4) is 0 Å². The first kappa shape index (κ1) is 20.4. The van der Waals surface area contributed by atoms with Crippen molar-refractivity contribution in [2.45, 2.75) is 23.9 Å². The van der Waals surface area contributed by atoms with Crippen molar-refractivity contribution in [3.05, 3.63) is 30.1 Å². The third-order valence-corrected chi connectivity index (χ3v) is 6.21. The monoisotopic (exact) mass is 420 g/mol. The van der Waals surface area contributed by atoms with Gasteiger partial charge in [-0.2, -0.15) is 22.5 Å². The number of piperazine rings is 1. The fourth-order valence-electron chi connectivity index (χ4n) is 2.74. The molecule has 0 spiro atoms. The Labute approximate surface area is 159 Å². The maximum absolute atomic E-state index is 12.7. The van der Waals surface area contributed by atoms with Crippen LogP contribution in [0, 0.1) is 0 Å². The fourth-order valence-corrected chi connectivity index (χ4v) is 4.17. The van der Waals surface area contributed by atoms with E-state index >= 15 is 0 Å². The lowest BCUT2D eigenvalue weighted by Gasteiger charge is -2.32. The van der Waals surface area contributed by atoms with Crippen LogP contribution >= 0.6 is 0 Å². The van der Waals surface area contributed by atoms with Crippen molar-refractivity contribution in [2.75, 3.05) is 38.2 Å². The summed E-state index contributed by atoms with van der Waals surface area (Å²) in [5, 5.41) is 3.55. The number of sulfonamides is 1. The van der Waals surface area contributed by atoms with E-state index in [1.165, 1.54) is 23.5 Å². The number of aryl methyl sites for hydroxylation is 1. The Morgan fingerprint density at radius 1 is 1.14 bits per heavy atom. The quantitative estimate of drug-likeness (QED) is 0.707. The smallest absolute Gasteiger partial charge is 0.389 e. The zero-order valence-corrected chi connectivity index (χ0v) is 15.8. The number of halogens is 3. The molecule has 12 heteroatoms. The first-order valence-electron chi connectivity index (χ1n) is 8.47. The van der Waals surface area contributed by atoms with Crippen LogP contribution in [0.5, 0.6) is 5.75 Å². The standard InChI is InChI=1S/C16H19F3N4O4S/c1-26-12-2-4-13(5-3-12)28(24,25)23-10-8-22(9-11-23)15-20-14(21-27-15)6-7-16(17,18)19/h2-5H,6-11H2,1H3. The van der Waals surface area contributed by atoms with Gasteiger partial charge in [0.1, 0.15) is 5.75 Å². The number of aromatic nitrogens is 2. The Kier molecular flexibility index (Phi) is 5.79. The first-order valence-corrected chi connectivity index (χ1v) is 9.91. The third-order valence-electron chi connectivity index (χ3n) is 4.30. The van der Waals surface area contributed by atoms with Gasteiger partial charge in [0.05, 0.1) is 18.4 Å². The van der Waals surface area contributed by atoms with E-state index in [-0.39, 0.29) is 49.3 Å². The van der Waals surface area contributed by atoms with Gasteiger partial charge >= 0.3 is 12.2 Å². The van der Waals surface area contributed by atoms with E-state index in [2.05, 4.69) is 10.1 Å². The molecule has 0 aliphatic carbocycles. The minimum Gasteiger partial charge on any atom is -0.497 e. The summed E-state index contributed by atoms with van der Waals surface area (Å²) in [5.74, 6) is 0.530. The van der Waals surface area contributed by atoms with E-state index in [9.17, 15) is 21.6 Å². The number of alkyl halides is 3. The minimum atomic E-state index is -4.29.